The second-order valence-electron chi connectivity index (χ2n) is 5.36. The van der Waals surface area contributed by atoms with E-state index in [9.17, 15) is 4.79 Å². The van der Waals surface area contributed by atoms with E-state index in [1.165, 1.54) is 6.42 Å². The minimum atomic E-state index is -0.300. The Kier molecular flexibility index (Phi) is 4.14. The second-order valence-corrected chi connectivity index (χ2v) is 5.36. The number of nitrogens with zero attached hydrogens (tertiary/aromatic N) is 1. The van der Waals surface area contributed by atoms with Gasteiger partial charge in [-0.3, -0.25) is 4.79 Å². The van der Waals surface area contributed by atoms with Crippen molar-refractivity contribution in [2.24, 2.45) is 11.1 Å². The van der Waals surface area contributed by atoms with Crippen LogP contribution in [0.15, 0.2) is 0 Å². The third-order valence-corrected chi connectivity index (χ3v) is 3.41. The van der Waals surface area contributed by atoms with Crippen molar-refractivity contribution in [3.8, 4) is 0 Å². The molecule has 3 nitrogen and oxygen atoms in total. The molecule has 15 heavy (non-hydrogen) atoms. The molecule has 0 spiro atoms. The molecule has 1 aliphatic rings. The van der Waals surface area contributed by atoms with Crippen LogP contribution in [0.3, 0.4) is 0 Å². The summed E-state index contributed by atoms with van der Waals surface area (Å²) >= 11 is 0. The Morgan fingerprint density at radius 2 is 2.07 bits per heavy atom. The molecule has 1 amide bonds. The number of carbonyl (C=O) groups is 1. The molecule has 1 heterocycles. The summed E-state index contributed by atoms with van der Waals surface area (Å²) in [7, 11) is 0. The molecule has 0 aromatic carbocycles. The molecule has 1 rings (SSSR count). The number of amides is 1. The summed E-state index contributed by atoms with van der Waals surface area (Å²) in [6.45, 7) is 8.28. The first-order chi connectivity index (χ1) is 6.96. The number of hydrogen-bond acceptors (Lipinski definition) is 2. The lowest BCUT2D eigenvalue weighted by Crippen LogP contribution is -2.44. The zero-order chi connectivity index (χ0) is 11.5. The van der Waals surface area contributed by atoms with Gasteiger partial charge in [0, 0.05) is 13.1 Å². The first kappa shape index (κ1) is 12.5. The van der Waals surface area contributed by atoms with Crippen molar-refractivity contribution in [3.63, 3.8) is 0 Å². The second kappa shape index (κ2) is 4.97. The van der Waals surface area contributed by atoms with E-state index in [4.69, 9.17) is 5.73 Å². The average Bonchev–Trinajstić information content (AvgIpc) is 2.37. The van der Waals surface area contributed by atoms with Gasteiger partial charge in [-0.2, -0.15) is 0 Å². The summed E-state index contributed by atoms with van der Waals surface area (Å²) in [6, 6.07) is -0.300. The minimum Gasteiger partial charge on any atom is -0.341 e. The highest BCUT2D eigenvalue weighted by Gasteiger charge is 2.26. The lowest BCUT2D eigenvalue weighted by Gasteiger charge is -2.25. The predicted molar refractivity (Wildman–Crippen MR) is 62.5 cm³/mol. The van der Waals surface area contributed by atoms with Gasteiger partial charge in [-0.1, -0.05) is 20.8 Å². The Morgan fingerprint density at radius 1 is 1.40 bits per heavy atom. The van der Waals surface area contributed by atoms with Crippen LogP contribution in [0.4, 0.5) is 0 Å². The van der Waals surface area contributed by atoms with Crippen LogP contribution in [0.5, 0.6) is 0 Å². The minimum absolute atomic E-state index is 0.134. The molecule has 1 fully saturated rings. The smallest absolute Gasteiger partial charge is 0.239 e. The average molecular weight is 212 g/mol. The number of likely N-dealkylation sites (tertiary alicyclic amines) is 1. The third kappa shape index (κ3) is 3.49. The predicted octanol–water partition coefficient (Wildman–Crippen LogP) is 1.76. The maximum absolute atomic E-state index is 11.9. The van der Waals surface area contributed by atoms with Crippen LogP contribution in [0.1, 0.15) is 46.5 Å². The summed E-state index contributed by atoms with van der Waals surface area (Å²) in [5, 5.41) is 0. The van der Waals surface area contributed by atoms with Gasteiger partial charge in [0.2, 0.25) is 5.91 Å². The molecule has 0 radical (unpaired) electrons. The summed E-state index contributed by atoms with van der Waals surface area (Å²) in [5.74, 6) is 0.134. The van der Waals surface area contributed by atoms with Crippen LogP contribution < -0.4 is 5.73 Å². The molecule has 0 bridgehead atoms. The van der Waals surface area contributed by atoms with E-state index < -0.39 is 0 Å². The van der Waals surface area contributed by atoms with E-state index >= 15 is 0 Å². The molecule has 0 saturated carbocycles. The van der Waals surface area contributed by atoms with E-state index in [0.29, 0.717) is 5.41 Å². The summed E-state index contributed by atoms with van der Waals surface area (Å²) in [5.41, 5.74) is 6.16. The molecule has 88 valence electrons. The van der Waals surface area contributed by atoms with Crippen molar-refractivity contribution in [2.45, 2.75) is 52.5 Å². The molecule has 3 heteroatoms. The fourth-order valence-electron chi connectivity index (χ4n) is 2.05. The molecular formula is C12H24N2O. The zero-order valence-corrected chi connectivity index (χ0v) is 10.3. The Hall–Kier alpha value is -0.570. The highest BCUT2D eigenvalue weighted by atomic mass is 16.2. The van der Waals surface area contributed by atoms with Gasteiger partial charge in [-0.25, -0.2) is 0 Å². The van der Waals surface area contributed by atoms with Crippen molar-refractivity contribution in [2.75, 3.05) is 13.1 Å². The molecule has 0 aromatic heterocycles. The highest BCUT2D eigenvalue weighted by molar-refractivity contribution is 5.81. The van der Waals surface area contributed by atoms with Crippen LogP contribution in [-0.4, -0.2) is 29.9 Å². The quantitative estimate of drug-likeness (QED) is 0.758. The van der Waals surface area contributed by atoms with Crippen molar-refractivity contribution in [1.82, 2.24) is 4.90 Å². The first-order valence-electron chi connectivity index (χ1n) is 6.00. The molecular weight excluding hydrogens is 188 g/mol. The Bertz CT molecular complexity index is 226. The molecule has 1 atom stereocenters. The summed E-state index contributed by atoms with van der Waals surface area (Å²) in [4.78, 5) is 13.8. The Morgan fingerprint density at radius 3 is 2.67 bits per heavy atom. The maximum atomic E-state index is 11.9. The first-order valence-corrected chi connectivity index (χ1v) is 6.00. The lowest BCUT2D eigenvalue weighted by molar-refractivity contribution is -0.132. The van der Waals surface area contributed by atoms with Gasteiger partial charge < -0.3 is 10.6 Å². The van der Waals surface area contributed by atoms with Gasteiger partial charge in [-0.15, -0.1) is 0 Å². The van der Waals surface area contributed by atoms with Gasteiger partial charge in [0.1, 0.15) is 0 Å². The molecule has 0 aromatic rings. The van der Waals surface area contributed by atoms with Crippen LogP contribution in [0.2, 0.25) is 0 Å². The third-order valence-electron chi connectivity index (χ3n) is 3.41. The molecule has 1 saturated heterocycles. The number of hydrogen-bond donors (Lipinski definition) is 1. The topological polar surface area (TPSA) is 46.3 Å². The van der Waals surface area contributed by atoms with Crippen molar-refractivity contribution in [1.29, 1.82) is 0 Å². The Balaban J connectivity index is 2.54. The number of carbonyl (C=O) groups excluding carboxylic acids is 1. The largest absolute Gasteiger partial charge is 0.341 e. The molecule has 1 aliphatic heterocycles. The van der Waals surface area contributed by atoms with Crippen molar-refractivity contribution < 1.29 is 4.79 Å². The fraction of sp³-hybridized carbons (Fsp3) is 0.917. The highest BCUT2D eigenvalue weighted by Crippen LogP contribution is 2.29. The summed E-state index contributed by atoms with van der Waals surface area (Å²) < 4.78 is 0. The Labute approximate surface area is 93.0 Å². The van der Waals surface area contributed by atoms with E-state index in [0.717, 1.165) is 32.4 Å². The maximum Gasteiger partial charge on any atom is 0.239 e. The van der Waals surface area contributed by atoms with Crippen LogP contribution in [-0.2, 0) is 4.79 Å². The van der Waals surface area contributed by atoms with Gasteiger partial charge in [0.25, 0.3) is 0 Å². The summed E-state index contributed by atoms with van der Waals surface area (Å²) in [6.07, 6.45) is 4.14. The number of nitrogens with two attached hydrogens (primary N) is 1. The standard InChI is InChI=1S/C12H24N2O/c1-4-10(13)11(15)14-8-5-6-12(2,3)7-9-14/h10H,4-9,13H2,1-3H3/t10-/m1/s1. The fourth-order valence-corrected chi connectivity index (χ4v) is 2.05. The van der Waals surface area contributed by atoms with E-state index in [1.54, 1.807) is 0 Å². The van der Waals surface area contributed by atoms with Crippen molar-refractivity contribution >= 4 is 5.91 Å². The lowest BCUT2D eigenvalue weighted by atomic mass is 9.85. The monoisotopic (exact) mass is 212 g/mol. The number of rotatable bonds is 2. The molecule has 0 aliphatic carbocycles. The van der Waals surface area contributed by atoms with Crippen LogP contribution in [0, 0.1) is 5.41 Å². The van der Waals surface area contributed by atoms with Crippen LogP contribution >= 0.6 is 0 Å². The van der Waals surface area contributed by atoms with Crippen LogP contribution in [0.25, 0.3) is 0 Å². The van der Waals surface area contributed by atoms with E-state index in [1.807, 2.05) is 11.8 Å². The van der Waals surface area contributed by atoms with Crippen molar-refractivity contribution in [3.05, 3.63) is 0 Å². The van der Waals surface area contributed by atoms with E-state index in [2.05, 4.69) is 13.8 Å². The normalized spacial score (nSPS) is 23.3. The van der Waals surface area contributed by atoms with Gasteiger partial charge >= 0.3 is 0 Å². The zero-order valence-electron chi connectivity index (χ0n) is 10.3. The van der Waals surface area contributed by atoms with E-state index in [-0.39, 0.29) is 11.9 Å². The SMILES string of the molecule is CC[C@@H](N)C(=O)N1CCCC(C)(C)CC1. The van der Waals surface area contributed by atoms with Gasteiger partial charge in [0.05, 0.1) is 6.04 Å². The van der Waals surface area contributed by atoms with Gasteiger partial charge in [0.15, 0.2) is 0 Å². The molecule has 2 N–H and O–H groups in total. The molecule has 0 unspecified atom stereocenters. The van der Waals surface area contributed by atoms with Gasteiger partial charge in [-0.05, 0) is 31.1 Å².